The van der Waals surface area contributed by atoms with Crippen molar-refractivity contribution in [1.29, 1.82) is 0 Å². The highest BCUT2D eigenvalue weighted by Gasteiger charge is 2.32. The summed E-state index contributed by atoms with van der Waals surface area (Å²) in [5, 5.41) is 0. The third-order valence-electron chi connectivity index (χ3n) is 5.51. The molecule has 1 aromatic carbocycles. The van der Waals surface area contributed by atoms with Crippen LogP contribution in [0.2, 0.25) is 0 Å². The summed E-state index contributed by atoms with van der Waals surface area (Å²) in [4.78, 5) is 30.6. The first-order valence-corrected chi connectivity index (χ1v) is 9.44. The molecular formula is C20H28FN3O2. The Morgan fingerprint density at radius 2 is 1.85 bits per heavy atom. The first-order chi connectivity index (χ1) is 12.5. The Bertz CT molecular complexity index is 639. The van der Waals surface area contributed by atoms with Gasteiger partial charge in [0.25, 0.3) is 0 Å². The third-order valence-corrected chi connectivity index (χ3v) is 5.51. The molecule has 1 atom stereocenters. The van der Waals surface area contributed by atoms with Crippen molar-refractivity contribution in [3.8, 4) is 0 Å². The fourth-order valence-corrected chi connectivity index (χ4v) is 4.02. The van der Waals surface area contributed by atoms with Crippen molar-refractivity contribution < 1.29 is 14.0 Å². The zero-order chi connectivity index (χ0) is 18.7. The first-order valence-electron chi connectivity index (χ1n) is 9.44. The van der Waals surface area contributed by atoms with Crippen LogP contribution in [0, 0.1) is 11.7 Å². The van der Waals surface area contributed by atoms with Gasteiger partial charge in [-0.05, 0) is 57.0 Å². The smallest absolute Gasteiger partial charge is 0.244 e. The largest absolute Gasteiger partial charge is 0.342 e. The van der Waals surface area contributed by atoms with Gasteiger partial charge < -0.3 is 9.80 Å². The lowest BCUT2D eigenvalue weighted by Crippen LogP contribution is -2.46. The van der Waals surface area contributed by atoms with Crippen LogP contribution in [0.3, 0.4) is 0 Å². The zero-order valence-electron chi connectivity index (χ0n) is 15.7. The van der Waals surface area contributed by atoms with Gasteiger partial charge in [-0.3, -0.25) is 14.5 Å². The molecule has 6 heteroatoms. The van der Waals surface area contributed by atoms with Gasteiger partial charge in [0.15, 0.2) is 0 Å². The molecule has 0 spiro atoms. The number of piperidine rings is 1. The van der Waals surface area contributed by atoms with Gasteiger partial charge in [0.05, 0.1) is 0 Å². The Morgan fingerprint density at radius 1 is 1.19 bits per heavy atom. The van der Waals surface area contributed by atoms with Crippen molar-refractivity contribution in [2.24, 2.45) is 5.92 Å². The number of likely N-dealkylation sites (N-methyl/N-ethyl adjacent to an activating group) is 1. The van der Waals surface area contributed by atoms with Crippen LogP contribution in [-0.4, -0.2) is 66.8 Å². The average Bonchev–Trinajstić information content (AvgIpc) is 3.02. The Kier molecular flexibility index (Phi) is 5.91. The molecule has 2 fully saturated rings. The monoisotopic (exact) mass is 361 g/mol. The van der Waals surface area contributed by atoms with Gasteiger partial charge >= 0.3 is 0 Å². The van der Waals surface area contributed by atoms with Gasteiger partial charge in [0.1, 0.15) is 11.9 Å². The van der Waals surface area contributed by atoms with Gasteiger partial charge in [-0.25, -0.2) is 4.39 Å². The zero-order valence-corrected chi connectivity index (χ0v) is 15.7. The van der Waals surface area contributed by atoms with E-state index in [0.29, 0.717) is 12.3 Å². The number of benzene rings is 1. The van der Waals surface area contributed by atoms with E-state index in [0.717, 1.165) is 51.0 Å². The molecule has 1 aromatic rings. The lowest BCUT2D eigenvalue weighted by atomic mass is 9.95. The lowest BCUT2D eigenvalue weighted by molar-refractivity contribution is -0.138. The van der Waals surface area contributed by atoms with E-state index >= 15 is 0 Å². The van der Waals surface area contributed by atoms with Gasteiger partial charge in [0, 0.05) is 32.6 Å². The summed E-state index contributed by atoms with van der Waals surface area (Å²) < 4.78 is 13.2. The van der Waals surface area contributed by atoms with Crippen molar-refractivity contribution in [3.63, 3.8) is 0 Å². The molecule has 3 rings (SSSR count). The maximum absolute atomic E-state index is 13.2. The summed E-state index contributed by atoms with van der Waals surface area (Å²) in [7, 11) is 3.75. The number of nitrogens with zero attached hydrogens (tertiary/aromatic N) is 3. The van der Waals surface area contributed by atoms with Crippen LogP contribution in [0.15, 0.2) is 24.3 Å². The average molecular weight is 361 g/mol. The van der Waals surface area contributed by atoms with E-state index in [1.54, 1.807) is 12.1 Å². The van der Waals surface area contributed by atoms with E-state index in [1.165, 1.54) is 12.1 Å². The number of likely N-dealkylation sites (tertiary alicyclic amines) is 2. The summed E-state index contributed by atoms with van der Waals surface area (Å²) in [6, 6.07) is 5.77. The molecule has 0 unspecified atom stereocenters. The molecule has 2 saturated heterocycles. The molecule has 0 bridgehead atoms. The highest BCUT2D eigenvalue weighted by molar-refractivity contribution is 5.83. The molecule has 5 nitrogen and oxygen atoms in total. The predicted molar refractivity (Wildman–Crippen MR) is 97.9 cm³/mol. The second kappa shape index (κ2) is 8.16. The number of amides is 2. The highest BCUT2D eigenvalue weighted by atomic mass is 19.1. The molecule has 142 valence electrons. The highest BCUT2D eigenvalue weighted by Crippen LogP contribution is 2.26. The van der Waals surface area contributed by atoms with Crippen LogP contribution in [-0.2, 0) is 9.59 Å². The fraction of sp³-hybridized carbons (Fsp3) is 0.600. The molecule has 0 aliphatic carbocycles. The maximum atomic E-state index is 13.2. The number of halogens is 1. The minimum atomic E-state index is -0.396. The minimum absolute atomic E-state index is 0.0670. The van der Waals surface area contributed by atoms with Crippen molar-refractivity contribution in [2.45, 2.75) is 31.7 Å². The maximum Gasteiger partial charge on any atom is 0.244 e. The molecular weight excluding hydrogens is 333 g/mol. The van der Waals surface area contributed by atoms with E-state index in [-0.39, 0.29) is 17.6 Å². The number of rotatable bonds is 5. The molecule has 2 heterocycles. The Hall–Kier alpha value is -1.95. The van der Waals surface area contributed by atoms with Crippen LogP contribution in [0.1, 0.15) is 37.3 Å². The third kappa shape index (κ3) is 4.23. The SMILES string of the molecule is CN(C)[C@H](C(=O)N1CCC(CN2CCCC2=O)CC1)c1ccc(F)cc1. The van der Waals surface area contributed by atoms with Gasteiger partial charge in [-0.1, -0.05) is 12.1 Å². The number of hydrogen-bond acceptors (Lipinski definition) is 3. The summed E-state index contributed by atoms with van der Waals surface area (Å²) in [6.45, 7) is 3.15. The summed E-state index contributed by atoms with van der Waals surface area (Å²) in [6.07, 6.45) is 3.51. The predicted octanol–water partition coefficient (Wildman–Crippen LogP) is 2.29. The van der Waals surface area contributed by atoms with E-state index in [4.69, 9.17) is 0 Å². The van der Waals surface area contributed by atoms with Crippen molar-refractivity contribution in [3.05, 3.63) is 35.6 Å². The standard InChI is InChI=1S/C20H28FN3O2/c1-22(2)19(16-5-7-17(21)8-6-16)20(26)23-12-9-15(10-13-23)14-24-11-3-4-18(24)25/h5-8,15,19H,3-4,9-14H2,1-2H3/t19-/m0/s1. The summed E-state index contributed by atoms with van der Waals surface area (Å²) in [5.74, 6) is 0.519. The lowest BCUT2D eigenvalue weighted by Gasteiger charge is -2.37. The Labute approximate surface area is 154 Å². The first kappa shape index (κ1) is 18.8. The second-order valence-electron chi connectivity index (χ2n) is 7.63. The minimum Gasteiger partial charge on any atom is -0.342 e. The van der Waals surface area contributed by atoms with E-state index in [1.807, 2.05) is 28.8 Å². The number of hydrogen-bond donors (Lipinski definition) is 0. The molecule has 2 amide bonds. The Balaban J connectivity index is 1.59. The van der Waals surface area contributed by atoms with E-state index in [9.17, 15) is 14.0 Å². The van der Waals surface area contributed by atoms with Crippen LogP contribution < -0.4 is 0 Å². The molecule has 26 heavy (non-hydrogen) atoms. The van der Waals surface area contributed by atoms with Gasteiger partial charge in [-0.15, -0.1) is 0 Å². The molecule has 0 radical (unpaired) electrons. The molecule has 0 aromatic heterocycles. The van der Waals surface area contributed by atoms with Crippen molar-refractivity contribution >= 4 is 11.8 Å². The number of carbonyl (C=O) groups is 2. The van der Waals surface area contributed by atoms with E-state index in [2.05, 4.69) is 0 Å². The quantitative estimate of drug-likeness (QED) is 0.808. The van der Waals surface area contributed by atoms with Crippen LogP contribution >= 0.6 is 0 Å². The summed E-state index contributed by atoms with van der Waals surface area (Å²) in [5.41, 5.74) is 0.811. The Morgan fingerprint density at radius 3 is 2.38 bits per heavy atom. The second-order valence-corrected chi connectivity index (χ2v) is 7.63. The van der Waals surface area contributed by atoms with Crippen molar-refractivity contribution in [1.82, 2.24) is 14.7 Å². The molecule has 2 aliphatic heterocycles. The fourth-order valence-electron chi connectivity index (χ4n) is 4.02. The van der Waals surface area contributed by atoms with Crippen LogP contribution in [0.5, 0.6) is 0 Å². The molecule has 2 aliphatic rings. The molecule has 0 saturated carbocycles. The van der Waals surface area contributed by atoms with Crippen LogP contribution in [0.25, 0.3) is 0 Å². The number of carbonyl (C=O) groups excluding carboxylic acids is 2. The molecule has 0 N–H and O–H groups in total. The summed E-state index contributed by atoms with van der Waals surface area (Å²) >= 11 is 0. The van der Waals surface area contributed by atoms with Gasteiger partial charge in [-0.2, -0.15) is 0 Å². The van der Waals surface area contributed by atoms with Crippen molar-refractivity contribution in [2.75, 3.05) is 40.3 Å². The topological polar surface area (TPSA) is 43.9 Å². The van der Waals surface area contributed by atoms with E-state index < -0.39 is 6.04 Å². The van der Waals surface area contributed by atoms with Gasteiger partial charge in [0.2, 0.25) is 11.8 Å². The normalized spacial score (nSPS) is 20.1. The van der Waals surface area contributed by atoms with Crippen LogP contribution in [0.4, 0.5) is 4.39 Å².